The molecule has 4 heteroatoms. The average Bonchev–Trinajstić information content (AvgIpc) is 3.02. The van der Waals surface area contributed by atoms with Crippen molar-refractivity contribution in [2.24, 2.45) is 11.8 Å². The van der Waals surface area contributed by atoms with Crippen LogP contribution >= 0.6 is 0 Å². The minimum atomic E-state index is -0.287. The van der Waals surface area contributed by atoms with Gasteiger partial charge in [0.25, 0.3) is 0 Å². The Balaban J connectivity index is 1.53. The highest BCUT2D eigenvalue weighted by Gasteiger charge is 2.32. The summed E-state index contributed by atoms with van der Waals surface area (Å²) in [5, 5.41) is 0. The Kier molecular flexibility index (Phi) is 12.6. The summed E-state index contributed by atoms with van der Waals surface area (Å²) in [6.07, 6.45) is 0.491. The number of nitrogens with zero attached hydrogens (tertiary/aromatic N) is 2. The van der Waals surface area contributed by atoms with E-state index < -0.39 is 0 Å². The van der Waals surface area contributed by atoms with Crippen molar-refractivity contribution in [2.75, 3.05) is 0 Å². The summed E-state index contributed by atoms with van der Waals surface area (Å²) in [6.45, 7) is 11.2. The lowest BCUT2D eigenvalue weighted by Crippen LogP contribution is -2.46. The highest BCUT2D eigenvalue weighted by Crippen LogP contribution is 2.24. The molecule has 0 saturated carbocycles. The summed E-state index contributed by atoms with van der Waals surface area (Å²) >= 11 is 0. The van der Waals surface area contributed by atoms with E-state index in [1.165, 1.54) is 22.3 Å². The number of hydrogen-bond donors (Lipinski definition) is 0. The normalized spacial score (nSPS) is 13.0. The molecular weight excluding hydrogens is 540 g/mol. The van der Waals surface area contributed by atoms with Gasteiger partial charge in [0.05, 0.1) is 12.1 Å². The van der Waals surface area contributed by atoms with Crippen LogP contribution in [0.25, 0.3) is 0 Å². The third-order valence-corrected chi connectivity index (χ3v) is 8.24. The highest BCUT2D eigenvalue weighted by atomic mass is 16.1. The third kappa shape index (κ3) is 9.83. The minimum absolute atomic E-state index is 0.110. The molecule has 4 nitrogen and oxygen atoms in total. The van der Waals surface area contributed by atoms with E-state index in [2.05, 4.69) is 86.0 Å². The van der Waals surface area contributed by atoms with Crippen LogP contribution in [0.4, 0.5) is 0 Å². The second kappa shape index (κ2) is 16.8. The van der Waals surface area contributed by atoms with E-state index in [0.29, 0.717) is 26.2 Å². The van der Waals surface area contributed by atoms with E-state index in [0.717, 1.165) is 0 Å². The number of rotatable bonds is 17. The van der Waals surface area contributed by atoms with Crippen molar-refractivity contribution in [2.45, 2.75) is 78.8 Å². The van der Waals surface area contributed by atoms with Crippen molar-refractivity contribution in [1.29, 1.82) is 0 Å². The fourth-order valence-corrected chi connectivity index (χ4v) is 6.31. The van der Waals surface area contributed by atoms with Crippen molar-refractivity contribution >= 4 is 11.6 Å². The van der Waals surface area contributed by atoms with Crippen LogP contribution in [0, 0.1) is 11.8 Å². The van der Waals surface area contributed by atoms with E-state index in [-0.39, 0.29) is 48.3 Å². The van der Waals surface area contributed by atoms with Crippen molar-refractivity contribution in [3.8, 4) is 0 Å². The van der Waals surface area contributed by atoms with Gasteiger partial charge in [0.2, 0.25) is 0 Å². The van der Waals surface area contributed by atoms with Gasteiger partial charge in [-0.3, -0.25) is 19.4 Å². The number of carbonyl (C=O) groups is 2. The number of hydrogen-bond acceptors (Lipinski definition) is 4. The van der Waals surface area contributed by atoms with Crippen LogP contribution in [0.15, 0.2) is 121 Å². The fraction of sp³-hybridized carbons (Fsp3) is 0.350. The Bertz CT molecular complexity index is 1210. The maximum Gasteiger partial charge on any atom is 0.150 e. The van der Waals surface area contributed by atoms with Crippen LogP contribution in [0.3, 0.4) is 0 Å². The highest BCUT2D eigenvalue weighted by molar-refractivity contribution is 5.91. The van der Waals surface area contributed by atoms with Gasteiger partial charge in [0, 0.05) is 39.0 Å². The second-order valence-electron chi connectivity index (χ2n) is 12.6. The van der Waals surface area contributed by atoms with Crippen LogP contribution < -0.4 is 0 Å². The van der Waals surface area contributed by atoms with Crippen molar-refractivity contribution in [3.63, 3.8) is 0 Å². The average molecular weight is 589 g/mol. The number of carbonyl (C=O) groups excluding carboxylic acids is 2. The molecule has 0 bridgehead atoms. The van der Waals surface area contributed by atoms with Gasteiger partial charge in [-0.05, 0) is 34.1 Å². The van der Waals surface area contributed by atoms with Crippen LogP contribution in [-0.2, 0) is 35.8 Å². The molecule has 0 aromatic heterocycles. The third-order valence-electron chi connectivity index (χ3n) is 8.24. The Morgan fingerprint density at radius 2 is 0.659 bits per heavy atom. The molecule has 0 aliphatic carbocycles. The van der Waals surface area contributed by atoms with Gasteiger partial charge in [0.1, 0.15) is 0 Å². The number of Topliss-reactive ketones (excluding diaryl/α,β-unsaturated/α-hetero) is 2. The summed E-state index contributed by atoms with van der Waals surface area (Å²) in [6, 6.07) is 40.8. The molecule has 0 saturated heterocycles. The molecule has 4 rings (SSSR count). The zero-order chi connectivity index (χ0) is 31.3. The molecule has 0 aliphatic heterocycles. The molecule has 0 unspecified atom stereocenters. The smallest absolute Gasteiger partial charge is 0.150 e. The molecule has 0 N–H and O–H groups in total. The zero-order valence-corrected chi connectivity index (χ0v) is 26.8. The van der Waals surface area contributed by atoms with Gasteiger partial charge in [0.15, 0.2) is 11.6 Å². The molecule has 4 aromatic rings. The molecule has 4 aromatic carbocycles. The van der Waals surface area contributed by atoms with Crippen LogP contribution in [-0.4, -0.2) is 33.4 Å². The first kappa shape index (κ1) is 33.0. The van der Waals surface area contributed by atoms with Crippen molar-refractivity contribution in [3.05, 3.63) is 144 Å². The van der Waals surface area contributed by atoms with Gasteiger partial charge in [-0.25, -0.2) is 0 Å². The maximum atomic E-state index is 14.0. The van der Waals surface area contributed by atoms with E-state index in [1.54, 1.807) is 0 Å². The second-order valence-corrected chi connectivity index (χ2v) is 12.6. The molecule has 2 atom stereocenters. The van der Waals surface area contributed by atoms with Crippen molar-refractivity contribution < 1.29 is 9.59 Å². The first-order chi connectivity index (χ1) is 21.3. The van der Waals surface area contributed by atoms with E-state index in [9.17, 15) is 9.59 Å². The van der Waals surface area contributed by atoms with Crippen LogP contribution in [0.2, 0.25) is 0 Å². The number of ketones is 2. The van der Waals surface area contributed by atoms with Gasteiger partial charge in [-0.15, -0.1) is 0 Å². The largest absolute Gasteiger partial charge is 0.298 e. The molecule has 44 heavy (non-hydrogen) atoms. The quantitative estimate of drug-likeness (QED) is 0.124. The summed E-state index contributed by atoms with van der Waals surface area (Å²) in [5.74, 6) is 0.498. The van der Waals surface area contributed by atoms with Gasteiger partial charge in [-0.1, -0.05) is 149 Å². The zero-order valence-electron chi connectivity index (χ0n) is 26.8. The van der Waals surface area contributed by atoms with E-state index >= 15 is 0 Å². The summed E-state index contributed by atoms with van der Waals surface area (Å²) in [5.41, 5.74) is 4.70. The first-order valence-electron chi connectivity index (χ1n) is 16.0. The van der Waals surface area contributed by atoms with Crippen LogP contribution in [0.5, 0.6) is 0 Å². The molecule has 230 valence electrons. The molecular formula is C40H48N2O2. The molecule has 0 amide bonds. The van der Waals surface area contributed by atoms with Gasteiger partial charge in [-0.2, -0.15) is 0 Å². The molecule has 0 spiro atoms. The van der Waals surface area contributed by atoms with Gasteiger partial charge < -0.3 is 0 Å². The monoisotopic (exact) mass is 588 g/mol. The molecule has 0 radical (unpaired) electrons. The number of benzene rings is 4. The topological polar surface area (TPSA) is 40.6 Å². The van der Waals surface area contributed by atoms with Crippen molar-refractivity contribution in [1.82, 2.24) is 9.80 Å². The molecule has 0 fully saturated rings. The lowest BCUT2D eigenvalue weighted by atomic mass is 9.90. The molecule has 0 aliphatic rings. The predicted molar refractivity (Wildman–Crippen MR) is 181 cm³/mol. The molecule has 0 heterocycles. The predicted octanol–water partition coefficient (Wildman–Crippen LogP) is 8.36. The lowest BCUT2D eigenvalue weighted by Gasteiger charge is -2.35. The standard InChI is InChI=1S/C40H48N2O2/c1-31(2)39(41(27-33-17-9-5-10-18-33)28-34-19-11-6-12-20-34)37(43)25-26-38(44)40(32(3)4)42(29-35-21-13-7-14-22-35)30-36-23-15-8-16-24-36/h5-24,31-32,39-40H,25-30H2,1-4H3/t39-,40+. The Hall–Kier alpha value is -3.86. The van der Waals surface area contributed by atoms with E-state index in [4.69, 9.17) is 0 Å². The van der Waals surface area contributed by atoms with Crippen LogP contribution in [0.1, 0.15) is 62.8 Å². The Labute approximate surface area is 264 Å². The summed E-state index contributed by atoms with van der Waals surface area (Å²) in [7, 11) is 0. The summed E-state index contributed by atoms with van der Waals surface area (Å²) < 4.78 is 0. The lowest BCUT2D eigenvalue weighted by molar-refractivity contribution is -0.132. The fourth-order valence-electron chi connectivity index (χ4n) is 6.31. The first-order valence-corrected chi connectivity index (χ1v) is 16.0. The Morgan fingerprint density at radius 1 is 0.432 bits per heavy atom. The maximum absolute atomic E-state index is 14.0. The van der Waals surface area contributed by atoms with Gasteiger partial charge >= 0.3 is 0 Å². The minimum Gasteiger partial charge on any atom is -0.298 e. The van der Waals surface area contributed by atoms with E-state index in [1.807, 2.05) is 72.8 Å². The SMILES string of the molecule is CC(C)[C@@H](C(=O)CCC(=O)[C@@H](C(C)C)N(Cc1ccccc1)Cc1ccccc1)N(Cc1ccccc1)Cc1ccccc1. The Morgan fingerprint density at radius 3 is 0.864 bits per heavy atom. The summed E-state index contributed by atoms with van der Waals surface area (Å²) in [4.78, 5) is 32.7.